The van der Waals surface area contributed by atoms with Gasteiger partial charge in [0.25, 0.3) is 0 Å². The summed E-state index contributed by atoms with van der Waals surface area (Å²) in [6.45, 7) is 8.14. The van der Waals surface area contributed by atoms with Crippen molar-refractivity contribution in [1.29, 1.82) is 0 Å². The van der Waals surface area contributed by atoms with Crippen LogP contribution in [0.4, 0.5) is 5.69 Å². The Hall–Kier alpha value is -1.35. The fourth-order valence-electron chi connectivity index (χ4n) is 2.04. The summed E-state index contributed by atoms with van der Waals surface area (Å²) in [5.41, 5.74) is 7.07. The highest BCUT2D eigenvalue weighted by Gasteiger charge is 2.20. The Bertz CT molecular complexity index is 373. The number of anilines is 1. The Morgan fingerprint density at radius 1 is 1.28 bits per heavy atom. The van der Waals surface area contributed by atoms with Crippen molar-refractivity contribution in [3.63, 3.8) is 0 Å². The number of Topliss-reactive ketones (excluding diaryl/α,β-unsaturated/α-hetero) is 1. The minimum absolute atomic E-state index is 0.0647. The zero-order chi connectivity index (χ0) is 13.5. The summed E-state index contributed by atoms with van der Waals surface area (Å²) in [7, 11) is 0. The summed E-state index contributed by atoms with van der Waals surface area (Å²) >= 11 is 0. The molecule has 3 heteroatoms. The molecule has 0 heterocycles. The molecule has 18 heavy (non-hydrogen) atoms. The van der Waals surface area contributed by atoms with Gasteiger partial charge in [-0.2, -0.15) is 0 Å². The lowest BCUT2D eigenvalue weighted by Gasteiger charge is -2.26. The zero-order valence-corrected chi connectivity index (χ0v) is 11.6. The van der Waals surface area contributed by atoms with Crippen molar-refractivity contribution in [2.75, 3.05) is 18.8 Å². The van der Waals surface area contributed by atoms with Crippen LogP contribution in [0.15, 0.2) is 24.3 Å². The van der Waals surface area contributed by atoms with Crippen LogP contribution in [0.5, 0.6) is 0 Å². The van der Waals surface area contributed by atoms with Gasteiger partial charge >= 0.3 is 0 Å². The van der Waals surface area contributed by atoms with Gasteiger partial charge in [-0.25, -0.2) is 0 Å². The van der Waals surface area contributed by atoms with Gasteiger partial charge in [-0.3, -0.25) is 9.69 Å². The zero-order valence-electron chi connectivity index (χ0n) is 11.6. The van der Waals surface area contributed by atoms with Gasteiger partial charge in [0.15, 0.2) is 5.78 Å². The summed E-state index contributed by atoms with van der Waals surface area (Å²) in [4.78, 5) is 14.6. The summed E-state index contributed by atoms with van der Waals surface area (Å²) < 4.78 is 0. The number of likely N-dealkylation sites (N-methyl/N-ethyl adjacent to an activating group) is 1. The van der Waals surface area contributed by atoms with Gasteiger partial charge in [-0.1, -0.05) is 20.3 Å². The van der Waals surface area contributed by atoms with Crippen molar-refractivity contribution in [3.05, 3.63) is 29.8 Å². The van der Waals surface area contributed by atoms with E-state index in [-0.39, 0.29) is 11.8 Å². The van der Waals surface area contributed by atoms with Gasteiger partial charge in [0.05, 0.1) is 6.04 Å². The molecule has 1 aromatic carbocycles. The molecule has 0 aliphatic rings. The van der Waals surface area contributed by atoms with Crippen molar-refractivity contribution in [3.8, 4) is 0 Å². The quantitative estimate of drug-likeness (QED) is 0.596. The van der Waals surface area contributed by atoms with Crippen molar-refractivity contribution < 1.29 is 4.79 Å². The molecule has 0 amide bonds. The van der Waals surface area contributed by atoms with E-state index in [1.807, 2.05) is 19.1 Å². The normalized spacial score (nSPS) is 12.7. The first-order valence-corrected chi connectivity index (χ1v) is 6.74. The maximum absolute atomic E-state index is 12.3. The Morgan fingerprint density at radius 3 is 2.39 bits per heavy atom. The summed E-state index contributed by atoms with van der Waals surface area (Å²) in [6.07, 6.45) is 2.28. The average molecular weight is 248 g/mol. The number of nitrogen functional groups attached to an aromatic ring is 1. The average Bonchev–Trinajstić information content (AvgIpc) is 2.39. The fraction of sp³-hybridized carbons (Fsp3) is 0.533. The number of carbonyl (C=O) groups excluding carboxylic acids is 1. The van der Waals surface area contributed by atoms with E-state index in [0.29, 0.717) is 5.69 Å². The van der Waals surface area contributed by atoms with Gasteiger partial charge in [-0.05, 0) is 50.7 Å². The minimum atomic E-state index is -0.0647. The van der Waals surface area contributed by atoms with Gasteiger partial charge < -0.3 is 5.73 Å². The molecule has 3 nitrogen and oxygen atoms in total. The van der Waals surface area contributed by atoms with E-state index in [0.717, 1.165) is 31.5 Å². The fourth-order valence-corrected chi connectivity index (χ4v) is 2.04. The second-order valence-corrected chi connectivity index (χ2v) is 4.64. The number of rotatable bonds is 7. The highest BCUT2D eigenvalue weighted by molar-refractivity contribution is 6.00. The lowest BCUT2D eigenvalue weighted by atomic mass is 10.0. The van der Waals surface area contributed by atoms with Crippen molar-refractivity contribution >= 4 is 11.5 Å². The third kappa shape index (κ3) is 3.84. The number of nitrogens with two attached hydrogens (primary N) is 1. The molecule has 0 aromatic heterocycles. The molecule has 0 spiro atoms. The Labute approximate surface area is 110 Å². The second kappa shape index (κ2) is 7.17. The summed E-state index contributed by atoms with van der Waals surface area (Å²) in [5.74, 6) is 0.174. The SMILES string of the molecule is CCCCN(CC)C(C)C(=O)c1ccc(N)cc1. The Kier molecular flexibility index (Phi) is 5.86. The van der Waals surface area contributed by atoms with Crippen LogP contribution in [0.1, 0.15) is 44.0 Å². The number of hydrogen-bond donors (Lipinski definition) is 1. The topological polar surface area (TPSA) is 46.3 Å². The van der Waals surface area contributed by atoms with Crippen LogP contribution in [-0.2, 0) is 0 Å². The molecular formula is C15H24N2O. The molecule has 0 bridgehead atoms. The lowest BCUT2D eigenvalue weighted by molar-refractivity contribution is 0.0843. The van der Waals surface area contributed by atoms with Crippen LogP contribution in [0.25, 0.3) is 0 Å². The number of nitrogens with zero attached hydrogens (tertiary/aromatic N) is 1. The van der Waals surface area contributed by atoms with E-state index in [4.69, 9.17) is 5.73 Å². The molecule has 2 N–H and O–H groups in total. The molecule has 0 aliphatic carbocycles. The van der Waals surface area contributed by atoms with Crippen LogP contribution in [0, 0.1) is 0 Å². The predicted octanol–water partition coefficient (Wildman–Crippen LogP) is 2.96. The van der Waals surface area contributed by atoms with Gasteiger partial charge in [0.2, 0.25) is 0 Å². The molecule has 1 rings (SSSR count). The molecule has 0 saturated carbocycles. The standard InChI is InChI=1S/C15H24N2O/c1-4-6-11-17(5-2)12(3)15(18)13-7-9-14(16)10-8-13/h7-10,12H,4-6,11,16H2,1-3H3. The third-order valence-corrected chi connectivity index (χ3v) is 3.33. The minimum Gasteiger partial charge on any atom is -0.399 e. The van der Waals surface area contributed by atoms with Crippen LogP contribution in [0.2, 0.25) is 0 Å². The molecule has 0 saturated heterocycles. The maximum Gasteiger partial charge on any atom is 0.179 e. The van der Waals surface area contributed by atoms with Crippen molar-refractivity contribution in [2.24, 2.45) is 0 Å². The smallest absolute Gasteiger partial charge is 0.179 e. The summed E-state index contributed by atoms with van der Waals surface area (Å²) in [6, 6.07) is 7.11. The molecule has 0 aliphatic heterocycles. The highest BCUT2D eigenvalue weighted by atomic mass is 16.1. The van der Waals surface area contributed by atoms with Crippen molar-refractivity contribution in [1.82, 2.24) is 4.90 Å². The molecule has 0 fully saturated rings. The molecular weight excluding hydrogens is 224 g/mol. The highest BCUT2D eigenvalue weighted by Crippen LogP contribution is 2.12. The number of unbranched alkanes of at least 4 members (excludes halogenated alkanes) is 1. The van der Waals surface area contributed by atoms with Crippen LogP contribution in [-0.4, -0.2) is 29.8 Å². The molecule has 1 aromatic rings. The summed E-state index contributed by atoms with van der Waals surface area (Å²) in [5, 5.41) is 0. The molecule has 1 unspecified atom stereocenters. The first-order chi connectivity index (χ1) is 8.60. The molecule has 1 atom stereocenters. The number of benzene rings is 1. The van der Waals surface area contributed by atoms with E-state index in [1.54, 1.807) is 12.1 Å². The van der Waals surface area contributed by atoms with Gasteiger partial charge in [-0.15, -0.1) is 0 Å². The maximum atomic E-state index is 12.3. The number of hydrogen-bond acceptors (Lipinski definition) is 3. The number of carbonyl (C=O) groups is 1. The van der Waals surface area contributed by atoms with Crippen LogP contribution >= 0.6 is 0 Å². The monoisotopic (exact) mass is 248 g/mol. The third-order valence-electron chi connectivity index (χ3n) is 3.33. The van der Waals surface area contributed by atoms with E-state index >= 15 is 0 Å². The second-order valence-electron chi connectivity index (χ2n) is 4.64. The van der Waals surface area contributed by atoms with Crippen LogP contribution < -0.4 is 5.73 Å². The van der Waals surface area contributed by atoms with E-state index < -0.39 is 0 Å². The number of ketones is 1. The Balaban J connectivity index is 2.72. The lowest BCUT2D eigenvalue weighted by Crippen LogP contribution is -2.39. The van der Waals surface area contributed by atoms with Crippen LogP contribution in [0.3, 0.4) is 0 Å². The largest absolute Gasteiger partial charge is 0.399 e. The first kappa shape index (κ1) is 14.7. The van der Waals surface area contributed by atoms with Crippen molar-refractivity contribution in [2.45, 2.75) is 39.7 Å². The van der Waals surface area contributed by atoms with Gasteiger partial charge in [0.1, 0.15) is 0 Å². The van der Waals surface area contributed by atoms with Gasteiger partial charge in [0, 0.05) is 11.3 Å². The van der Waals surface area contributed by atoms with E-state index in [1.165, 1.54) is 0 Å². The first-order valence-electron chi connectivity index (χ1n) is 6.74. The Morgan fingerprint density at radius 2 is 1.89 bits per heavy atom. The van der Waals surface area contributed by atoms with E-state index in [9.17, 15) is 4.79 Å². The molecule has 100 valence electrons. The molecule has 0 radical (unpaired) electrons. The van der Waals surface area contributed by atoms with E-state index in [2.05, 4.69) is 18.7 Å². The predicted molar refractivity (Wildman–Crippen MR) is 76.8 cm³/mol.